The molecule has 1 aliphatic heterocycles. The molecule has 0 spiro atoms. The molecule has 2 aromatic heterocycles. The van der Waals surface area contributed by atoms with E-state index in [4.69, 9.17) is 14.0 Å². The first-order chi connectivity index (χ1) is 13.3. The number of benzene rings is 1. The van der Waals surface area contributed by atoms with Crippen LogP contribution in [0.3, 0.4) is 0 Å². The summed E-state index contributed by atoms with van der Waals surface area (Å²) in [4.78, 5) is 1.76. The van der Waals surface area contributed by atoms with Gasteiger partial charge in [0.05, 0.1) is 16.9 Å². The van der Waals surface area contributed by atoms with Crippen molar-refractivity contribution in [1.29, 1.82) is 0 Å². The van der Waals surface area contributed by atoms with E-state index in [-0.39, 0.29) is 4.90 Å². The van der Waals surface area contributed by atoms with E-state index in [1.807, 2.05) is 20.8 Å². The van der Waals surface area contributed by atoms with Crippen LogP contribution < -0.4 is 14.2 Å². The lowest BCUT2D eigenvalue weighted by Gasteiger charge is -2.19. The second kappa shape index (κ2) is 6.82. The lowest BCUT2D eigenvalue weighted by Crippen LogP contribution is -2.17. The van der Waals surface area contributed by atoms with Crippen molar-refractivity contribution in [1.82, 2.24) is 5.16 Å². The van der Waals surface area contributed by atoms with Gasteiger partial charge in [-0.1, -0.05) is 5.16 Å². The molecule has 28 heavy (non-hydrogen) atoms. The molecule has 0 bridgehead atoms. The van der Waals surface area contributed by atoms with Crippen LogP contribution in [-0.4, -0.2) is 26.8 Å². The summed E-state index contributed by atoms with van der Waals surface area (Å²) in [7, 11) is -3.86. The van der Waals surface area contributed by atoms with Gasteiger partial charge in [0.15, 0.2) is 17.3 Å². The van der Waals surface area contributed by atoms with Crippen LogP contribution in [0.15, 0.2) is 27.6 Å². The summed E-state index contributed by atoms with van der Waals surface area (Å²) in [6.07, 6.45) is 0. The van der Waals surface area contributed by atoms with Crippen LogP contribution in [0, 0.1) is 27.7 Å². The third-order valence-corrected chi connectivity index (χ3v) is 7.35. The average molecular weight is 421 g/mol. The van der Waals surface area contributed by atoms with Crippen molar-refractivity contribution in [2.75, 3.05) is 17.9 Å². The summed E-state index contributed by atoms with van der Waals surface area (Å²) in [6.45, 7) is 8.29. The summed E-state index contributed by atoms with van der Waals surface area (Å²) in [5.41, 5.74) is 2.53. The topological polar surface area (TPSA) is 90.7 Å². The van der Waals surface area contributed by atoms with Gasteiger partial charge in [-0.25, -0.2) is 8.42 Å². The number of aromatic nitrogens is 1. The Kier molecular flexibility index (Phi) is 4.59. The minimum atomic E-state index is -3.86. The van der Waals surface area contributed by atoms with Crippen molar-refractivity contribution in [3.05, 3.63) is 39.2 Å². The monoisotopic (exact) mass is 420 g/mol. The zero-order valence-electron chi connectivity index (χ0n) is 16.0. The van der Waals surface area contributed by atoms with Crippen molar-refractivity contribution in [3.8, 4) is 22.8 Å². The van der Waals surface area contributed by atoms with Crippen LogP contribution >= 0.6 is 11.3 Å². The third-order valence-electron chi connectivity index (χ3n) is 4.65. The SMILES string of the molecule is Cc1noc(-c2c(C)sc(C)c2S(=O)(=O)Nc2ccc3c(c2)OCCO3)c1C. The fraction of sp³-hybridized carbons (Fsp3) is 0.316. The average Bonchev–Trinajstić information content (AvgIpc) is 3.13. The predicted molar refractivity (Wildman–Crippen MR) is 107 cm³/mol. The number of ether oxygens (including phenoxy) is 2. The smallest absolute Gasteiger partial charge is 0.263 e. The van der Waals surface area contributed by atoms with Gasteiger partial charge in [-0.05, 0) is 39.8 Å². The van der Waals surface area contributed by atoms with Crippen LogP contribution in [-0.2, 0) is 10.0 Å². The highest BCUT2D eigenvalue weighted by Crippen LogP contribution is 2.42. The van der Waals surface area contributed by atoms with E-state index >= 15 is 0 Å². The van der Waals surface area contributed by atoms with Crippen molar-refractivity contribution < 1.29 is 22.4 Å². The summed E-state index contributed by atoms with van der Waals surface area (Å²) in [5.74, 6) is 1.61. The zero-order chi connectivity index (χ0) is 20.1. The Morgan fingerprint density at radius 3 is 2.43 bits per heavy atom. The van der Waals surface area contributed by atoms with E-state index in [1.54, 1.807) is 25.1 Å². The number of aryl methyl sites for hydroxylation is 3. The van der Waals surface area contributed by atoms with Gasteiger partial charge in [-0.15, -0.1) is 11.3 Å². The van der Waals surface area contributed by atoms with Crippen molar-refractivity contribution in [2.24, 2.45) is 0 Å². The second-order valence-electron chi connectivity index (χ2n) is 6.60. The Hall–Kier alpha value is -2.52. The fourth-order valence-electron chi connectivity index (χ4n) is 3.21. The summed E-state index contributed by atoms with van der Waals surface area (Å²) in [6, 6.07) is 4.98. The maximum Gasteiger partial charge on any atom is 0.263 e. The molecule has 3 heterocycles. The molecule has 1 aliphatic rings. The molecule has 3 aromatic rings. The molecule has 0 amide bonds. The highest BCUT2D eigenvalue weighted by molar-refractivity contribution is 7.93. The number of rotatable bonds is 4. The first kappa shape index (κ1) is 18.8. The van der Waals surface area contributed by atoms with E-state index in [2.05, 4.69) is 9.88 Å². The molecule has 0 saturated heterocycles. The van der Waals surface area contributed by atoms with E-state index in [1.165, 1.54) is 11.3 Å². The highest BCUT2D eigenvalue weighted by Gasteiger charge is 2.30. The molecule has 1 aromatic carbocycles. The number of sulfonamides is 1. The van der Waals surface area contributed by atoms with Crippen LogP contribution in [0.1, 0.15) is 21.0 Å². The summed E-state index contributed by atoms with van der Waals surface area (Å²) < 4.78 is 45.7. The van der Waals surface area contributed by atoms with Crippen LogP contribution in [0.2, 0.25) is 0 Å². The van der Waals surface area contributed by atoms with Gasteiger partial charge in [0.25, 0.3) is 10.0 Å². The molecule has 4 rings (SSSR count). The predicted octanol–water partition coefficient (Wildman–Crippen LogP) is 4.21. The normalized spacial score (nSPS) is 13.6. The molecule has 7 nitrogen and oxygen atoms in total. The number of nitrogens with one attached hydrogen (secondary N) is 1. The first-order valence-corrected chi connectivity index (χ1v) is 11.0. The number of hydrogen-bond donors (Lipinski definition) is 1. The van der Waals surface area contributed by atoms with Gasteiger partial charge in [-0.2, -0.15) is 0 Å². The fourth-order valence-corrected chi connectivity index (χ4v) is 6.11. The quantitative estimate of drug-likeness (QED) is 0.680. The van der Waals surface area contributed by atoms with Crippen LogP contribution in [0.5, 0.6) is 11.5 Å². The van der Waals surface area contributed by atoms with Crippen molar-refractivity contribution in [3.63, 3.8) is 0 Å². The Morgan fingerprint density at radius 1 is 1.04 bits per heavy atom. The highest BCUT2D eigenvalue weighted by atomic mass is 32.2. The summed E-state index contributed by atoms with van der Waals surface area (Å²) in [5, 5.41) is 3.98. The number of anilines is 1. The maximum atomic E-state index is 13.3. The Labute approximate surface area is 167 Å². The zero-order valence-corrected chi connectivity index (χ0v) is 17.6. The standard InChI is InChI=1S/C19H20N2O5S2/c1-10-11(2)20-26-18(10)17-12(3)27-13(4)19(17)28(22,23)21-14-5-6-15-16(9-14)25-8-7-24-15/h5-6,9,21H,7-8H2,1-4H3. The third kappa shape index (κ3) is 3.14. The van der Waals surface area contributed by atoms with Gasteiger partial charge in [0.2, 0.25) is 0 Å². The summed E-state index contributed by atoms with van der Waals surface area (Å²) >= 11 is 1.42. The lowest BCUT2D eigenvalue weighted by atomic mass is 10.1. The van der Waals surface area contributed by atoms with Gasteiger partial charge in [0, 0.05) is 21.4 Å². The molecular weight excluding hydrogens is 400 g/mol. The van der Waals surface area contributed by atoms with Gasteiger partial charge in [0.1, 0.15) is 18.1 Å². The molecule has 0 aliphatic carbocycles. The molecule has 0 saturated carbocycles. The van der Waals surface area contributed by atoms with E-state index in [0.717, 1.165) is 16.1 Å². The molecule has 0 fully saturated rings. The number of hydrogen-bond acceptors (Lipinski definition) is 7. The largest absolute Gasteiger partial charge is 0.486 e. The van der Waals surface area contributed by atoms with Crippen molar-refractivity contribution in [2.45, 2.75) is 32.6 Å². The Morgan fingerprint density at radius 2 is 1.75 bits per heavy atom. The Balaban J connectivity index is 1.77. The minimum Gasteiger partial charge on any atom is -0.486 e. The molecular formula is C19H20N2O5S2. The number of fused-ring (bicyclic) bond motifs is 1. The van der Waals surface area contributed by atoms with Crippen LogP contribution in [0.4, 0.5) is 5.69 Å². The first-order valence-electron chi connectivity index (χ1n) is 8.73. The molecule has 0 unspecified atom stereocenters. The van der Waals surface area contributed by atoms with Gasteiger partial charge < -0.3 is 14.0 Å². The second-order valence-corrected chi connectivity index (χ2v) is 9.65. The van der Waals surface area contributed by atoms with E-state index in [9.17, 15) is 8.42 Å². The minimum absolute atomic E-state index is 0.212. The lowest BCUT2D eigenvalue weighted by molar-refractivity contribution is 0.171. The molecule has 1 N–H and O–H groups in total. The Bertz CT molecular complexity index is 1160. The number of thiophene rings is 1. The van der Waals surface area contributed by atoms with Crippen LogP contribution in [0.25, 0.3) is 11.3 Å². The van der Waals surface area contributed by atoms with Gasteiger partial charge >= 0.3 is 0 Å². The van der Waals surface area contributed by atoms with Crippen molar-refractivity contribution >= 4 is 27.0 Å². The molecule has 0 atom stereocenters. The molecule has 9 heteroatoms. The number of nitrogens with zero attached hydrogens (tertiary/aromatic N) is 1. The molecule has 0 radical (unpaired) electrons. The van der Waals surface area contributed by atoms with E-state index < -0.39 is 10.0 Å². The maximum absolute atomic E-state index is 13.3. The van der Waals surface area contributed by atoms with Gasteiger partial charge in [-0.3, -0.25) is 4.72 Å². The van der Waals surface area contributed by atoms with E-state index in [0.29, 0.717) is 46.6 Å². The molecule has 148 valence electrons.